The van der Waals surface area contributed by atoms with Gasteiger partial charge in [0.25, 0.3) is 10.0 Å². The van der Waals surface area contributed by atoms with Gasteiger partial charge in [0.05, 0.1) is 4.90 Å². The average Bonchev–Trinajstić information content (AvgIpc) is 3.13. The van der Waals surface area contributed by atoms with Gasteiger partial charge in [-0.05, 0) is 44.0 Å². The first-order valence-electron chi connectivity index (χ1n) is 7.28. The van der Waals surface area contributed by atoms with E-state index in [1.165, 1.54) is 25.2 Å². The van der Waals surface area contributed by atoms with Crippen molar-refractivity contribution in [2.24, 2.45) is 0 Å². The molecule has 1 aromatic heterocycles. The Balaban J connectivity index is 1.78. The Morgan fingerprint density at radius 3 is 2.91 bits per heavy atom. The number of halogens is 1. The highest BCUT2D eigenvalue weighted by Gasteiger charge is 2.22. The third-order valence-electron chi connectivity index (χ3n) is 3.98. The molecule has 2 aromatic rings. The Hall–Kier alpha value is -1.22. The van der Waals surface area contributed by atoms with Crippen molar-refractivity contribution in [1.29, 1.82) is 0 Å². The monoisotopic (exact) mass is 372 g/mol. The fraction of sp³-hybridized carbons (Fsp3) is 0.429. The fourth-order valence-corrected chi connectivity index (χ4v) is 4.65. The van der Waals surface area contributed by atoms with Gasteiger partial charge in [0.15, 0.2) is 0 Å². The van der Waals surface area contributed by atoms with E-state index in [9.17, 15) is 8.42 Å². The molecule has 1 fully saturated rings. The van der Waals surface area contributed by atoms with Crippen LogP contribution in [0.25, 0.3) is 0 Å². The highest BCUT2D eigenvalue weighted by Crippen LogP contribution is 2.26. The van der Waals surface area contributed by atoms with Gasteiger partial charge in [-0.15, -0.1) is 0 Å². The summed E-state index contributed by atoms with van der Waals surface area (Å²) in [6, 6.07) is 5.38. The maximum Gasteiger partial charge on any atom is 0.263 e. The summed E-state index contributed by atoms with van der Waals surface area (Å²) in [7, 11) is -3.70. The molecular weight excluding hydrogens is 356 g/mol. The van der Waals surface area contributed by atoms with Gasteiger partial charge in [0.2, 0.25) is 5.13 Å². The second-order valence-corrected chi connectivity index (χ2v) is 8.44. The standard InChI is InChI=1S/C14H17ClN4O2S2/c1-10-3-2-6-19(10)8-11-4-5-12(7-13(11)15)23(20,21)18-14-16-9-17-22-14/h4-5,7,9-10H,2-3,6,8H2,1H3,(H,16,17,18). The SMILES string of the molecule is CC1CCCN1Cc1ccc(S(=O)(=O)Nc2ncns2)cc1Cl. The molecule has 9 heteroatoms. The first kappa shape index (κ1) is 16.6. The summed E-state index contributed by atoms with van der Waals surface area (Å²) in [5.74, 6) is 0. The molecule has 6 nitrogen and oxygen atoms in total. The van der Waals surface area contributed by atoms with Crippen LogP contribution in [0.2, 0.25) is 5.02 Å². The lowest BCUT2D eigenvalue weighted by Crippen LogP contribution is -2.26. The van der Waals surface area contributed by atoms with Gasteiger partial charge in [0.1, 0.15) is 6.33 Å². The molecular formula is C14H17ClN4O2S2. The summed E-state index contributed by atoms with van der Waals surface area (Å²) in [6.07, 6.45) is 3.68. The highest BCUT2D eigenvalue weighted by atomic mass is 35.5. The maximum atomic E-state index is 12.3. The number of nitrogens with zero attached hydrogens (tertiary/aromatic N) is 3. The molecule has 0 spiro atoms. The van der Waals surface area contributed by atoms with Crippen molar-refractivity contribution in [1.82, 2.24) is 14.3 Å². The maximum absolute atomic E-state index is 12.3. The summed E-state index contributed by atoms with van der Waals surface area (Å²) in [5.41, 5.74) is 0.940. The molecule has 0 saturated carbocycles. The zero-order chi connectivity index (χ0) is 16.4. The number of likely N-dealkylation sites (tertiary alicyclic amines) is 1. The zero-order valence-electron chi connectivity index (χ0n) is 12.6. The molecule has 0 amide bonds. The molecule has 1 unspecified atom stereocenters. The molecule has 124 valence electrons. The van der Waals surface area contributed by atoms with Crippen molar-refractivity contribution in [3.63, 3.8) is 0 Å². The molecule has 1 aliphatic heterocycles. The van der Waals surface area contributed by atoms with Gasteiger partial charge in [-0.3, -0.25) is 9.62 Å². The van der Waals surface area contributed by atoms with Crippen LogP contribution in [0.1, 0.15) is 25.3 Å². The smallest absolute Gasteiger partial charge is 0.263 e. The van der Waals surface area contributed by atoms with E-state index in [4.69, 9.17) is 11.6 Å². The largest absolute Gasteiger partial charge is 0.296 e. The van der Waals surface area contributed by atoms with Crippen LogP contribution in [0.15, 0.2) is 29.4 Å². The molecule has 1 aliphatic rings. The van der Waals surface area contributed by atoms with Crippen molar-refractivity contribution >= 4 is 38.3 Å². The third-order valence-corrected chi connectivity index (χ3v) is 6.38. The van der Waals surface area contributed by atoms with Gasteiger partial charge in [-0.1, -0.05) is 17.7 Å². The average molecular weight is 373 g/mol. The first-order valence-corrected chi connectivity index (χ1v) is 9.91. The molecule has 1 saturated heterocycles. The Morgan fingerprint density at radius 1 is 1.48 bits per heavy atom. The van der Waals surface area contributed by atoms with E-state index in [1.54, 1.807) is 12.1 Å². The molecule has 23 heavy (non-hydrogen) atoms. The number of rotatable bonds is 5. The fourth-order valence-electron chi connectivity index (χ4n) is 2.66. The molecule has 1 atom stereocenters. The number of hydrogen-bond acceptors (Lipinski definition) is 6. The minimum absolute atomic E-state index is 0.121. The molecule has 2 heterocycles. The third kappa shape index (κ3) is 3.82. The van der Waals surface area contributed by atoms with Gasteiger partial charge in [-0.2, -0.15) is 4.37 Å². The van der Waals surface area contributed by atoms with Gasteiger partial charge in [-0.25, -0.2) is 13.4 Å². The predicted molar refractivity (Wildman–Crippen MR) is 91.3 cm³/mol. The summed E-state index contributed by atoms with van der Waals surface area (Å²) in [5, 5.41) is 0.695. The second-order valence-electron chi connectivity index (χ2n) is 5.57. The minimum atomic E-state index is -3.70. The Kier molecular flexibility index (Phi) is 4.86. The second kappa shape index (κ2) is 6.72. The summed E-state index contributed by atoms with van der Waals surface area (Å²) < 4.78 is 30.8. The van der Waals surface area contributed by atoms with E-state index >= 15 is 0 Å². The summed E-state index contributed by atoms with van der Waals surface area (Å²) >= 11 is 7.28. The van der Waals surface area contributed by atoms with Crippen LogP contribution >= 0.6 is 23.1 Å². The molecule has 1 N–H and O–H groups in total. The van der Waals surface area contributed by atoms with Gasteiger partial charge >= 0.3 is 0 Å². The lowest BCUT2D eigenvalue weighted by Gasteiger charge is -2.21. The zero-order valence-corrected chi connectivity index (χ0v) is 15.0. The minimum Gasteiger partial charge on any atom is -0.296 e. The number of nitrogens with one attached hydrogen (secondary N) is 1. The Bertz CT molecular complexity index is 780. The molecule has 0 aliphatic carbocycles. The molecule has 0 bridgehead atoms. The van der Waals surface area contributed by atoms with Crippen LogP contribution < -0.4 is 4.72 Å². The van der Waals surface area contributed by atoms with Crippen molar-refractivity contribution in [2.75, 3.05) is 11.3 Å². The van der Waals surface area contributed by atoms with Gasteiger partial charge < -0.3 is 0 Å². The Morgan fingerprint density at radius 2 is 2.30 bits per heavy atom. The van der Waals surface area contributed by atoms with Crippen LogP contribution in [0.3, 0.4) is 0 Å². The van der Waals surface area contributed by atoms with E-state index in [0.29, 0.717) is 11.1 Å². The Labute approximate surface area is 144 Å². The quantitative estimate of drug-likeness (QED) is 0.873. The summed E-state index contributed by atoms with van der Waals surface area (Å²) in [6.45, 7) is 3.99. The highest BCUT2D eigenvalue weighted by molar-refractivity contribution is 7.93. The van der Waals surface area contributed by atoms with Crippen LogP contribution in [0.5, 0.6) is 0 Å². The van der Waals surface area contributed by atoms with E-state index in [0.717, 1.165) is 30.2 Å². The van der Waals surface area contributed by atoms with Crippen LogP contribution in [-0.4, -0.2) is 35.3 Å². The van der Waals surface area contributed by atoms with Gasteiger partial charge in [0, 0.05) is 29.1 Å². The predicted octanol–water partition coefficient (Wildman–Crippen LogP) is 2.98. The van der Waals surface area contributed by atoms with E-state index < -0.39 is 10.0 Å². The number of hydrogen-bond donors (Lipinski definition) is 1. The van der Waals surface area contributed by atoms with Crippen molar-refractivity contribution < 1.29 is 8.42 Å². The van der Waals surface area contributed by atoms with Crippen LogP contribution in [0, 0.1) is 0 Å². The molecule has 0 radical (unpaired) electrons. The van der Waals surface area contributed by atoms with Crippen molar-refractivity contribution in [2.45, 2.75) is 37.2 Å². The van der Waals surface area contributed by atoms with Crippen LogP contribution in [-0.2, 0) is 16.6 Å². The van der Waals surface area contributed by atoms with Crippen LogP contribution in [0.4, 0.5) is 5.13 Å². The van der Waals surface area contributed by atoms with Crippen molar-refractivity contribution in [3.8, 4) is 0 Å². The normalized spacial score (nSPS) is 19.1. The molecule has 3 rings (SSSR count). The van der Waals surface area contributed by atoms with E-state index in [1.807, 2.05) is 0 Å². The number of anilines is 1. The number of aromatic nitrogens is 2. The van der Waals surface area contributed by atoms with E-state index in [-0.39, 0.29) is 10.0 Å². The number of sulfonamides is 1. The summed E-state index contributed by atoms with van der Waals surface area (Å²) in [4.78, 5) is 6.30. The topological polar surface area (TPSA) is 75.2 Å². The molecule has 1 aromatic carbocycles. The lowest BCUT2D eigenvalue weighted by molar-refractivity contribution is 0.260. The number of benzene rings is 1. The van der Waals surface area contributed by atoms with E-state index in [2.05, 4.69) is 25.9 Å². The van der Waals surface area contributed by atoms with Crippen molar-refractivity contribution in [3.05, 3.63) is 35.1 Å². The lowest BCUT2D eigenvalue weighted by atomic mass is 10.2. The first-order chi connectivity index (χ1) is 11.0.